The van der Waals surface area contributed by atoms with Crippen LogP contribution in [0.3, 0.4) is 0 Å². The van der Waals surface area contributed by atoms with Gasteiger partial charge >= 0.3 is 0 Å². The van der Waals surface area contributed by atoms with Crippen molar-refractivity contribution < 1.29 is 14.9 Å². The SMILES string of the molecule is CC.CC1CC(C)(O)C(O)C(C)O1. The van der Waals surface area contributed by atoms with Gasteiger partial charge in [0.1, 0.15) is 6.10 Å². The molecule has 1 saturated heterocycles. The minimum Gasteiger partial charge on any atom is -0.387 e. The maximum absolute atomic E-state index is 9.65. The highest BCUT2D eigenvalue weighted by Crippen LogP contribution is 2.28. The van der Waals surface area contributed by atoms with Crippen LogP contribution in [0.15, 0.2) is 0 Å². The summed E-state index contributed by atoms with van der Waals surface area (Å²) >= 11 is 0. The van der Waals surface area contributed by atoms with Gasteiger partial charge in [0.2, 0.25) is 0 Å². The van der Waals surface area contributed by atoms with Crippen molar-refractivity contribution in [2.75, 3.05) is 0 Å². The molecule has 0 aromatic heterocycles. The van der Waals surface area contributed by atoms with Gasteiger partial charge in [-0.2, -0.15) is 0 Å². The van der Waals surface area contributed by atoms with Gasteiger partial charge in [-0.15, -0.1) is 0 Å². The largest absolute Gasteiger partial charge is 0.387 e. The predicted octanol–water partition coefficient (Wildman–Crippen LogP) is 1.32. The summed E-state index contributed by atoms with van der Waals surface area (Å²) in [6.07, 6.45) is -0.505. The summed E-state index contributed by atoms with van der Waals surface area (Å²) in [4.78, 5) is 0. The zero-order valence-corrected chi connectivity index (χ0v) is 9.24. The summed E-state index contributed by atoms with van der Waals surface area (Å²) in [5.41, 5.74) is -0.989. The topological polar surface area (TPSA) is 49.7 Å². The fourth-order valence-electron chi connectivity index (χ4n) is 1.70. The highest BCUT2D eigenvalue weighted by atomic mass is 16.5. The van der Waals surface area contributed by atoms with Gasteiger partial charge in [0.25, 0.3) is 0 Å². The first-order chi connectivity index (χ1) is 5.93. The first-order valence-corrected chi connectivity index (χ1v) is 4.99. The smallest absolute Gasteiger partial charge is 0.108 e. The third kappa shape index (κ3) is 3.25. The maximum atomic E-state index is 9.65. The zero-order chi connectivity index (χ0) is 10.6. The van der Waals surface area contributed by atoms with Crippen LogP contribution in [0.25, 0.3) is 0 Å². The molecule has 2 N–H and O–H groups in total. The van der Waals surface area contributed by atoms with Crippen LogP contribution in [0.2, 0.25) is 0 Å². The van der Waals surface area contributed by atoms with Crippen LogP contribution in [0.5, 0.6) is 0 Å². The number of hydrogen-bond donors (Lipinski definition) is 2. The number of rotatable bonds is 0. The monoisotopic (exact) mass is 190 g/mol. The van der Waals surface area contributed by atoms with Gasteiger partial charge in [-0.25, -0.2) is 0 Å². The molecule has 3 nitrogen and oxygen atoms in total. The summed E-state index contributed by atoms with van der Waals surface area (Å²) in [5, 5.41) is 19.1. The molecular formula is C10H22O3. The van der Waals surface area contributed by atoms with Crippen molar-refractivity contribution in [2.24, 2.45) is 0 Å². The quantitative estimate of drug-likeness (QED) is 0.605. The van der Waals surface area contributed by atoms with Crippen molar-refractivity contribution in [1.29, 1.82) is 0 Å². The maximum Gasteiger partial charge on any atom is 0.108 e. The molecular weight excluding hydrogens is 168 g/mol. The first kappa shape index (κ1) is 12.9. The Morgan fingerprint density at radius 2 is 1.77 bits per heavy atom. The standard InChI is InChI=1S/C8H16O3.C2H6/c1-5-4-8(3,10)7(9)6(2)11-5;1-2/h5-7,9-10H,4H2,1-3H3;1-2H3. The fraction of sp³-hybridized carbons (Fsp3) is 1.00. The van der Waals surface area contributed by atoms with E-state index in [1.54, 1.807) is 13.8 Å². The molecule has 0 amide bonds. The highest BCUT2D eigenvalue weighted by molar-refractivity contribution is 4.91. The molecule has 0 saturated carbocycles. The van der Waals surface area contributed by atoms with E-state index in [9.17, 15) is 10.2 Å². The van der Waals surface area contributed by atoms with Gasteiger partial charge in [0.15, 0.2) is 0 Å². The summed E-state index contributed by atoms with van der Waals surface area (Å²) < 4.78 is 5.32. The number of hydrogen-bond acceptors (Lipinski definition) is 3. The molecule has 3 heteroatoms. The summed E-state index contributed by atoms with van der Waals surface area (Å²) in [6.45, 7) is 9.32. The van der Waals surface area contributed by atoms with Gasteiger partial charge in [0, 0.05) is 6.42 Å². The second kappa shape index (κ2) is 4.94. The van der Waals surface area contributed by atoms with E-state index in [0.717, 1.165) is 0 Å². The Morgan fingerprint density at radius 1 is 1.31 bits per heavy atom. The van der Waals surface area contributed by atoms with E-state index in [1.807, 2.05) is 20.8 Å². The van der Waals surface area contributed by atoms with E-state index in [0.29, 0.717) is 6.42 Å². The van der Waals surface area contributed by atoms with Crippen LogP contribution in [0, 0.1) is 0 Å². The van der Waals surface area contributed by atoms with E-state index in [2.05, 4.69) is 0 Å². The molecule has 80 valence electrons. The van der Waals surface area contributed by atoms with Crippen molar-refractivity contribution in [1.82, 2.24) is 0 Å². The second-order valence-corrected chi connectivity index (χ2v) is 3.66. The molecule has 0 spiro atoms. The van der Waals surface area contributed by atoms with Crippen LogP contribution < -0.4 is 0 Å². The Labute approximate surface area is 80.7 Å². The normalized spacial score (nSPS) is 45.0. The Balaban J connectivity index is 0.000000671. The summed E-state index contributed by atoms with van der Waals surface area (Å²) in [5.74, 6) is 0. The van der Waals surface area contributed by atoms with Crippen molar-refractivity contribution in [3.8, 4) is 0 Å². The summed E-state index contributed by atoms with van der Waals surface area (Å²) in [7, 11) is 0. The Hall–Kier alpha value is -0.120. The van der Waals surface area contributed by atoms with Gasteiger partial charge in [-0.05, 0) is 20.8 Å². The number of aliphatic hydroxyl groups is 2. The van der Waals surface area contributed by atoms with Crippen molar-refractivity contribution in [2.45, 2.75) is 65.0 Å². The average molecular weight is 190 g/mol. The molecule has 1 rings (SSSR count). The lowest BCUT2D eigenvalue weighted by atomic mass is 9.87. The van der Waals surface area contributed by atoms with Crippen LogP contribution in [-0.4, -0.2) is 34.1 Å². The van der Waals surface area contributed by atoms with Crippen molar-refractivity contribution in [3.63, 3.8) is 0 Å². The Bertz CT molecular complexity index is 145. The molecule has 0 aromatic rings. The van der Waals surface area contributed by atoms with Crippen LogP contribution in [0.4, 0.5) is 0 Å². The average Bonchev–Trinajstić information content (AvgIpc) is 2.03. The molecule has 0 radical (unpaired) electrons. The van der Waals surface area contributed by atoms with Gasteiger partial charge in [-0.3, -0.25) is 0 Å². The zero-order valence-electron chi connectivity index (χ0n) is 9.24. The minimum absolute atomic E-state index is 0.0309. The van der Waals surface area contributed by atoms with Crippen LogP contribution in [0.1, 0.15) is 41.0 Å². The van der Waals surface area contributed by atoms with Gasteiger partial charge in [0.05, 0.1) is 17.8 Å². The number of ether oxygens (including phenoxy) is 1. The Morgan fingerprint density at radius 3 is 2.15 bits per heavy atom. The van der Waals surface area contributed by atoms with Gasteiger partial charge in [-0.1, -0.05) is 13.8 Å². The molecule has 1 aliphatic heterocycles. The van der Waals surface area contributed by atoms with E-state index in [1.165, 1.54) is 0 Å². The third-order valence-electron chi connectivity index (χ3n) is 2.23. The van der Waals surface area contributed by atoms with Crippen LogP contribution in [-0.2, 0) is 4.74 Å². The third-order valence-corrected chi connectivity index (χ3v) is 2.23. The molecule has 0 aliphatic carbocycles. The van der Waals surface area contributed by atoms with Crippen molar-refractivity contribution >= 4 is 0 Å². The van der Waals surface area contributed by atoms with Crippen molar-refractivity contribution in [3.05, 3.63) is 0 Å². The molecule has 13 heavy (non-hydrogen) atoms. The van der Waals surface area contributed by atoms with Gasteiger partial charge < -0.3 is 14.9 Å². The van der Waals surface area contributed by atoms with E-state index in [-0.39, 0.29) is 12.2 Å². The van der Waals surface area contributed by atoms with E-state index >= 15 is 0 Å². The lowest BCUT2D eigenvalue weighted by Gasteiger charge is -2.41. The highest BCUT2D eigenvalue weighted by Gasteiger charge is 2.41. The molecule has 1 fully saturated rings. The molecule has 4 atom stereocenters. The molecule has 0 bridgehead atoms. The summed E-state index contributed by atoms with van der Waals surface area (Å²) in [6, 6.07) is 0. The second-order valence-electron chi connectivity index (χ2n) is 3.66. The first-order valence-electron chi connectivity index (χ1n) is 4.99. The fourth-order valence-corrected chi connectivity index (χ4v) is 1.70. The van der Waals surface area contributed by atoms with Crippen LogP contribution >= 0.6 is 0 Å². The molecule has 1 heterocycles. The number of aliphatic hydroxyl groups excluding tert-OH is 1. The predicted molar refractivity (Wildman–Crippen MR) is 52.6 cm³/mol. The minimum atomic E-state index is -0.989. The molecule has 1 aliphatic rings. The lowest BCUT2D eigenvalue weighted by Crippen LogP contribution is -2.53. The lowest BCUT2D eigenvalue weighted by molar-refractivity contribution is -0.199. The Kier molecular flexibility index (Phi) is 4.89. The van der Waals surface area contributed by atoms with E-state index in [4.69, 9.17) is 4.74 Å². The van der Waals surface area contributed by atoms with E-state index < -0.39 is 11.7 Å². The molecule has 4 unspecified atom stereocenters. The molecule has 0 aromatic carbocycles.